The molecule has 0 atom stereocenters. The van der Waals surface area contributed by atoms with Crippen LogP contribution in [0.4, 0.5) is 10.5 Å². The van der Waals surface area contributed by atoms with E-state index in [1.165, 1.54) is 5.56 Å². The van der Waals surface area contributed by atoms with E-state index in [2.05, 4.69) is 30.9 Å². The van der Waals surface area contributed by atoms with Gasteiger partial charge in [-0.15, -0.1) is 0 Å². The highest BCUT2D eigenvalue weighted by Crippen LogP contribution is 2.34. The summed E-state index contributed by atoms with van der Waals surface area (Å²) in [5, 5.41) is 2.85. The number of nitrogens with zero attached hydrogens (tertiary/aromatic N) is 2. The average molecular weight is 245 g/mol. The Balaban J connectivity index is 2.54. The van der Waals surface area contributed by atoms with Crippen LogP contribution in [0.1, 0.15) is 48.7 Å². The molecule has 0 saturated carbocycles. The maximum Gasteiger partial charge on any atom is 0.344 e. The molecule has 4 heteroatoms. The van der Waals surface area contributed by atoms with Crippen LogP contribution < -0.4 is 5.32 Å². The van der Waals surface area contributed by atoms with Gasteiger partial charge in [0.2, 0.25) is 0 Å². The van der Waals surface area contributed by atoms with Crippen molar-refractivity contribution in [2.24, 2.45) is 4.99 Å². The summed E-state index contributed by atoms with van der Waals surface area (Å²) in [7, 11) is 0. The molecule has 1 N–H and O–H groups in total. The van der Waals surface area contributed by atoms with Gasteiger partial charge in [-0.25, -0.2) is 9.79 Å². The first kappa shape index (κ1) is 12.7. The lowest BCUT2D eigenvalue weighted by Crippen LogP contribution is -2.13. The second-order valence-corrected chi connectivity index (χ2v) is 5.02. The highest BCUT2D eigenvalue weighted by molar-refractivity contribution is 5.94. The third-order valence-corrected chi connectivity index (χ3v) is 3.43. The largest absolute Gasteiger partial charge is 0.344 e. The average Bonchev–Trinajstić information content (AvgIpc) is 2.79. The van der Waals surface area contributed by atoms with Crippen LogP contribution in [-0.2, 0) is 12.8 Å². The van der Waals surface area contributed by atoms with Crippen LogP contribution in [0.25, 0.3) is 0 Å². The lowest BCUT2D eigenvalue weighted by molar-refractivity contribution is 0.259. The van der Waals surface area contributed by atoms with Gasteiger partial charge in [-0.1, -0.05) is 13.8 Å². The topological polar surface area (TPSA) is 54.4 Å². The van der Waals surface area contributed by atoms with Crippen molar-refractivity contribution in [1.82, 2.24) is 4.98 Å². The van der Waals surface area contributed by atoms with Crippen LogP contribution in [0.3, 0.4) is 0 Å². The predicted octanol–water partition coefficient (Wildman–Crippen LogP) is 3.23. The fourth-order valence-corrected chi connectivity index (χ4v) is 2.58. The first-order valence-corrected chi connectivity index (χ1v) is 6.34. The van der Waals surface area contributed by atoms with Crippen molar-refractivity contribution in [2.75, 3.05) is 5.32 Å². The maximum absolute atomic E-state index is 11.5. The van der Waals surface area contributed by atoms with Crippen LogP contribution in [-0.4, -0.2) is 17.7 Å². The Hall–Kier alpha value is -1.71. The van der Waals surface area contributed by atoms with Gasteiger partial charge in [0.1, 0.15) is 0 Å². The molecule has 18 heavy (non-hydrogen) atoms. The smallest absolute Gasteiger partial charge is 0.305 e. The molecular formula is C14H19N3O. The predicted molar refractivity (Wildman–Crippen MR) is 73.7 cm³/mol. The normalized spacial score (nSPS) is 13.6. The van der Waals surface area contributed by atoms with E-state index in [1.807, 2.05) is 6.92 Å². The lowest BCUT2D eigenvalue weighted by atomic mass is 9.99. The molecule has 2 amide bonds. The Morgan fingerprint density at radius 3 is 2.78 bits per heavy atom. The van der Waals surface area contributed by atoms with Gasteiger partial charge in [0, 0.05) is 11.4 Å². The van der Waals surface area contributed by atoms with Gasteiger partial charge >= 0.3 is 6.03 Å². The SMILES string of the molecule is C=NC(=O)Nc1c(C)c(C(C)C)nc2c1CCC2. The Morgan fingerprint density at radius 1 is 1.44 bits per heavy atom. The van der Waals surface area contributed by atoms with Gasteiger partial charge in [0.05, 0.1) is 5.69 Å². The van der Waals surface area contributed by atoms with Crippen molar-refractivity contribution >= 4 is 18.4 Å². The van der Waals surface area contributed by atoms with Gasteiger partial charge < -0.3 is 5.32 Å². The fourth-order valence-electron chi connectivity index (χ4n) is 2.58. The van der Waals surface area contributed by atoms with E-state index in [1.54, 1.807) is 0 Å². The van der Waals surface area contributed by atoms with Crippen LogP contribution in [0.15, 0.2) is 4.99 Å². The number of aromatic nitrogens is 1. The van der Waals surface area contributed by atoms with Gasteiger partial charge in [0.25, 0.3) is 0 Å². The van der Waals surface area contributed by atoms with Crippen LogP contribution in [0.5, 0.6) is 0 Å². The quantitative estimate of drug-likeness (QED) is 0.813. The van der Waals surface area contributed by atoms with Gasteiger partial charge in [0.15, 0.2) is 0 Å². The Morgan fingerprint density at radius 2 is 2.17 bits per heavy atom. The van der Waals surface area contributed by atoms with Crippen molar-refractivity contribution in [1.29, 1.82) is 0 Å². The first-order valence-electron chi connectivity index (χ1n) is 6.34. The van der Waals surface area contributed by atoms with Gasteiger partial charge in [-0.2, -0.15) is 0 Å². The Kier molecular flexibility index (Phi) is 3.45. The lowest BCUT2D eigenvalue weighted by Gasteiger charge is -2.17. The number of pyridine rings is 1. The van der Waals surface area contributed by atoms with Crippen molar-refractivity contribution in [3.8, 4) is 0 Å². The molecule has 2 rings (SSSR count). The highest BCUT2D eigenvalue weighted by atomic mass is 16.2. The minimum absolute atomic E-state index is 0.350. The molecule has 0 radical (unpaired) electrons. The minimum atomic E-state index is -0.395. The van der Waals surface area contributed by atoms with Gasteiger partial charge in [-0.3, -0.25) is 4.98 Å². The van der Waals surface area contributed by atoms with Crippen molar-refractivity contribution < 1.29 is 4.79 Å². The maximum atomic E-state index is 11.5. The van der Waals surface area contributed by atoms with Crippen molar-refractivity contribution in [2.45, 2.75) is 46.0 Å². The molecule has 1 heterocycles. The molecule has 0 unspecified atom stereocenters. The summed E-state index contributed by atoms with van der Waals surface area (Å²) in [6.45, 7) is 9.51. The Labute approximate surface area is 108 Å². The summed E-state index contributed by atoms with van der Waals surface area (Å²) in [6, 6.07) is -0.395. The molecular weight excluding hydrogens is 226 g/mol. The number of hydrogen-bond donors (Lipinski definition) is 1. The van der Waals surface area contributed by atoms with E-state index in [9.17, 15) is 4.79 Å². The molecule has 0 fully saturated rings. The Bertz CT molecular complexity index is 506. The number of hydrogen-bond acceptors (Lipinski definition) is 2. The van der Waals surface area contributed by atoms with Crippen LogP contribution in [0, 0.1) is 6.92 Å². The molecule has 1 aromatic heterocycles. The van der Waals surface area contributed by atoms with Crippen molar-refractivity contribution in [3.05, 3.63) is 22.5 Å². The number of fused-ring (bicyclic) bond motifs is 1. The fraction of sp³-hybridized carbons (Fsp3) is 0.500. The van der Waals surface area contributed by atoms with Crippen LogP contribution >= 0.6 is 0 Å². The molecule has 0 spiro atoms. The summed E-state index contributed by atoms with van der Waals surface area (Å²) in [6.07, 6.45) is 3.09. The zero-order valence-corrected chi connectivity index (χ0v) is 11.2. The second kappa shape index (κ2) is 4.88. The zero-order valence-electron chi connectivity index (χ0n) is 11.2. The number of amides is 2. The molecule has 4 nitrogen and oxygen atoms in total. The minimum Gasteiger partial charge on any atom is -0.305 e. The van der Waals surface area contributed by atoms with E-state index < -0.39 is 6.03 Å². The summed E-state index contributed by atoms with van der Waals surface area (Å²) >= 11 is 0. The molecule has 0 aliphatic heterocycles. The number of urea groups is 1. The molecule has 96 valence electrons. The summed E-state index contributed by atoms with van der Waals surface area (Å²) < 4.78 is 0. The molecule has 1 aliphatic carbocycles. The van der Waals surface area contributed by atoms with Gasteiger partial charge in [-0.05, 0) is 49.9 Å². The molecule has 1 aliphatic rings. The number of anilines is 1. The zero-order chi connectivity index (χ0) is 13.3. The summed E-state index contributed by atoms with van der Waals surface area (Å²) in [5.41, 5.74) is 5.33. The third kappa shape index (κ3) is 2.15. The molecule has 0 saturated heterocycles. The van der Waals surface area contributed by atoms with E-state index in [4.69, 9.17) is 4.98 Å². The second-order valence-electron chi connectivity index (χ2n) is 5.02. The first-order chi connectivity index (χ1) is 8.54. The third-order valence-electron chi connectivity index (χ3n) is 3.43. The van der Waals surface area contributed by atoms with E-state index in [-0.39, 0.29) is 0 Å². The van der Waals surface area contributed by atoms with E-state index in [0.29, 0.717) is 5.92 Å². The summed E-state index contributed by atoms with van der Waals surface area (Å²) in [5.74, 6) is 0.350. The number of aliphatic imine (C=N–C) groups is 1. The van der Waals surface area contributed by atoms with E-state index >= 15 is 0 Å². The monoisotopic (exact) mass is 245 g/mol. The molecule has 1 aromatic rings. The molecule has 0 bridgehead atoms. The molecule has 0 aromatic carbocycles. The number of rotatable bonds is 2. The number of carbonyl (C=O) groups is 1. The number of aryl methyl sites for hydroxylation is 1. The number of nitrogens with one attached hydrogen (secondary N) is 1. The highest BCUT2D eigenvalue weighted by Gasteiger charge is 2.22. The number of carbonyl (C=O) groups excluding carboxylic acids is 1. The van der Waals surface area contributed by atoms with E-state index in [0.717, 1.165) is 41.9 Å². The summed E-state index contributed by atoms with van der Waals surface area (Å²) in [4.78, 5) is 19.6. The van der Waals surface area contributed by atoms with Crippen molar-refractivity contribution in [3.63, 3.8) is 0 Å². The standard InChI is InChI=1S/C14H19N3O/c1-8(2)12-9(3)13(17-14(18)15-4)10-6-5-7-11(10)16-12/h8H,4-7H2,1-3H3,(H,16,17,18). The van der Waals surface area contributed by atoms with Crippen LogP contribution in [0.2, 0.25) is 0 Å².